The molecular formula is C58H106O6. The smallest absolute Gasteiger partial charge is 0.306 e. The van der Waals surface area contributed by atoms with Gasteiger partial charge in [0.05, 0.1) is 0 Å². The lowest BCUT2D eigenvalue weighted by Crippen LogP contribution is -2.30. The molecule has 0 N–H and O–H groups in total. The molecule has 0 saturated heterocycles. The van der Waals surface area contributed by atoms with Crippen LogP contribution in [0.4, 0.5) is 0 Å². The van der Waals surface area contributed by atoms with Crippen LogP contribution in [0.15, 0.2) is 36.5 Å². The molecule has 0 aromatic heterocycles. The molecule has 0 rings (SSSR count). The van der Waals surface area contributed by atoms with E-state index >= 15 is 0 Å². The predicted molar refractivity (Wildman–Crippen MR) is 275 cm³/mol. The third-order valence-corrected chi connectivity index (χ3v) is 12.3. The summed E-state index contributed by atoms with van der Waals surface area (Å²) in [5.74, 6) is -0.892. The first-order chi connectivity index (χ1) is 31.5. The van der Waals surface area contributed by atoms with Crippen LogP contribution in [0, 0.1) is 0 Å². The van der Waals surface area contributed by atoms with E-state index in [0.29, 0.717) is 19.3 Å². The Hall–Kier alpha value is -2.37. The highest BCUT2D eigenvalue weighted by Gasteiger charge is 2.19. The number of allylic oxidation sites excluding steroid dienone is 6. The minimum Gasteiger partial charge on any atom is -0.462 e. The first kappa shape index (κ1) is 61.6. The molecule has 6 heteroatoms. The van der Waals surface area contributed by atoms with Gasteiger partial charge >= 0.3 is 17.9 Å². The van der Waals surface area contributed by atoms with Crippen LogP contribution < -0.4 is 0 Å². The van der Waals surface area contributed by atoms with Crippen molar-refractivity contribution in [3.63, 3.8) is 0 Å². The van der Waals surface area contributed by atoms with Crippen LogP contribution in [0.25, 0.3) is 0 Å². The van der Waals surface area contributed by atoms with E-state index in [1.165, 1.54) is 180 Å². The van der Waals surface area contributed by atoms with E-state index in [2.05, 4.69) is 57.2 Å². The second-order valence-electron chi connectivity index (χ2n) is 18.8. The van der Waals surface area contributed by atoms with Crippen LogP contribution in [0.5, 0.6) is 0 Å². The highest BCUT2D eigenvalue weighted by Crippen LogP contribution is 2.15. The maximum Gasteiger partial charge on any atom is 0.306 e. The second-order valence-corrected chi connectivity index (χ2v) is 18.8. The van der Waals surface area contributed by atoms with Gasteiger partial charge in [0.1, 0.15) is 13.2 Å². The molecule has 0 fully saturated rings. The molecule has 0 aliphatic carbocycles. The predicted octanol–water partition coefficient (Wildman–Crippen LogP) is 18.5. The van der Waals surface area contributed by atoms with E-state index in [1.807, 2.05) is 0 Å². The van der Waals surface area contributed by atoms with Crippen LogP contribution in [0.2, 0.25) is 0 Å². The summed E-state index contributed by atoms with van der Waals surface area (Å²) in [5, 5.41) is 0. The highest BCUT2D eigenvalue weighted by molar-refractivity contribution is 5.71. The van der Waals surface area contributed by atoms with E-state index in [1.54, 1.807) is 0 Å². The lowest BCUT2D eigenvalue weighted by atomic mass is 10.1. The van der Waals surface area contributed by atoms with Crippen molar-refractivity contribution in [1.82, 2.24) is 0 Å². The van der Waals surface area contributed by atoms with Gasteiger partial charge in [-0.25, -0.2) is 0 Å². The molecule has 1 atom stereocenters. The molecule has 0 heterocycles. The number of esters is 3. The summed E-state index contributed by atoms with van der Waals surface area (Å²) in [7, 11) is 0. The third kappa shape index (κ3) is 50.6. The Kier molecular flexibility index (Phi) is 51.3. The standard InChI is InChI=1S/C58H106O6/c1-4-7-10-13-16-19-22-25-28-30-33-36-39-42-45-48-51-57(60)63-54-55(53-62-56(59)50-47-44-41-38-35-32-27-24-21-18-15-12-9-6-3)64-58(61)52-49-46-43-40-37-34-31-29-26-23-20-17-14-11-8-5-2/h24,27-31,55H,4-23,25-26,32-54H2,1-3H3/b27-24-,30-28-,31-29-/t55-/m1/s1. The number of hydrogen-bond donors (Lipinski definition) is 0. The monoisotopic (exact) mass is 899 g/mol. The summed E-state index contributed by atoms with van der Waals surface area (Å²) >= 11 is 0. The Bertz CT molecular complexity index is 1080. The number of rotatable bonds is 51. The van der Waals surface area contributed by atoms with E-state index in [0.717, 1.165) is 77.0 Å². The summed E-state index contributed by atoms with van der Waals surface area (Å²) < 4.78 is 16.8. The number of carbonyl (C=O) groups is 3. The van der Waals surface area contributed by atoms with Gasteiger partial charge in [-0.1, -0.05) is 218 Å². The van der Waals surface area contributed by atoms with Gasteiger partial charge in [0.2, 0.25) is 0 Å². The lowest BCUT2D eigenvalue weighted by Gasteiger charge is -2.18. The maximum absolute atomic E-state index is 12.8. The van der Waals surface area contributed by atoms with Gasteiger partial charge in [-0.05, 0) is 96.3 Å². The van der Waals surface area contributed by atoms with E-state index in [-0.39, 0.29) is 31.1 Å². The Morgan fingerprint density at radius 1 is 0.297 bits per heavy atom. The van der Waals surface area contributed by atoms with Gasteiger partial charge in [-0.3, -0.25) is 14.4 Å². The normalized spacial score (nSPS) is 12.2. The number of hydrogen-bond acceptors (Lipinski definition) is 6. The van der Waals surface area contributed by atoms with Gasteiger partial charge in [0, 0.05) is 19.3 Å². The van der Waals surface area contributed by atoms with E-state index in [4.69, 9.17) is 14.2 Å². The van der Waals surface area contributed by atoms with Crippen molar-refractivity contribution >= 4 is 17.9 Å². The molecular weight excluding hydrogens is 793 g/mol. The van der Waals surface area contributed by atoms with Gasteiger partial charge in [0.15, 0.2) is 6.10 Å². The summed E-state index contributed by atoms with van der Waals surface area (Å²) in [6.07, 6.45) is 62.7. The topological polar surface area (TPSA) is 78.9 Å². The molecule has 0 aliphatic rings. The summed E-state index contributed by atoms with van der Waals surface area (Å²) in [5.41, 5.74) is 0. The average Bonchev–Trinajstić information content (AvgIpc) is 3.29. The molecule has 0 unspecified atom stereocenters. The van der Waals surface area contributed by atoms with Crippen LogP contribution in [-0.4, -0.2) is 37.2 Å². The second kappa shape index (κ2) is 53.2. The van der Waals surface area contributed by atoms with Gasteiger partial charge in [-0.2, -0.15) is 0 Å². The van der Waals surface area contributed by atoms with Gasteiger partial charge in [-0.15, -0.1) is 0 Å². The molecule has 0 spiro atoms. The fourth-order valence-corrected chi connectivity index (χ4v) is 8.07. The number of unbranched alkanes of at least 4 members (excludes halogenated alkanes) is 34. The largest absolute Gasteiger partial charge is 0.462 e. The molecule has 0 bridgehead atoms. The average molecular weight is 899 g/mol. The lowest BCUT2D eigenvalue weighted by molar-refractivity contribution is -0.167. The van der Waals surface area contributed by atoms with Crippen LogP contribution in [-0.2, 0) is 28.6 Å². The maximum atomic E-state index is 12.8. The quantitative estimate of drug-likeness (QED) is 0.0262. The molecule has 0 saturated carbocycles. The Labute approximate surface area is 397 Å². The Morgan fingerprint density at radius 3 is 0.781 bits per heavy atom. The Balaban J connectivity index is 4.39. The summed E-state index contributed by atoms with van der Waals surface area (Å²) in [6.45, 7) is 6.63. The first-order valence-electron chi connectivity index (χ1n) is 28.0. The zero-order valence-corrected chi connectivity index (χ0v) is 42.8. The van der Waals surface area contributed by atoms with Crippen molar-refractivity contribution in [1.29, 1.82) is 0 Å². The van der Waals surface area contributed by atoms with E-state index in [9.17, 15) is 14.4 Å². The fourth-order valence-electron chi connectivity index (χ4n) is 8.07. The summed E-state index contributed by atoms with van der Waals surface area (Å²) in [6, 6.07) is 0. The number of carbonyl (C=O) groups excluding carboxylic acids is 3. The molecule has 0 aromatic carbocycles. The molecule has 0 aliphatic heterocycles. The SMILES string of the molecule is CCCCCCC/C=C\CCCCCCCC(=O)OC[C@H](COC(=O)CCCCCCC/C=C\CCCCCCCCC)OC(=O)CCCCCCC/C=C\CCCCCCCCC. The van der Waals surface area contributed by atoms with Crippen molar-refractivity contribution in [2.24, 2.45) is 0 Å². The third-order valence-electron chi connectivity index (χ3n) is 12.3. The highest BCUT2D eigenvalue weighted by atomic mass is 16.6. The van der Waals surface area contributed by atoms with Crippen molar-refractivity contribution in [2.45, 2.75) is 303 Å². The van der Waals surface area contributed by atoms with Crippen LogP contribution >= 0.6 is 0 Å². The zero-order valence-electron chi connectivity index (χ0n) is 42.8. The van der Waals surface area contributed by atoms with E-state index < -0.39 is 6.10 Å². The molecule has 0 aromatic rings. The molecule has 374 valence electrons. The van der Waals surface area contributed by atoms with Gasteiger partial charge in [0.25, 0.3) is 0 Å². The minimum atomic E-state index is -0.781. The molecule has 64 heavy (non-hydrogen) atoms. The summed E-state index contributed by atoms with van der Waals surface area (Å²) in [4.78, 5) is 38.1. The zero-order chi connectivity index (χ0) is 46.5. The van der Waals surface area contributed by atoms with Gasteiger partial charge < -0.3 is 14.2 Å². The van der Waals surface area contributed by atoms with Crippen molar-refractivity contribution in [3.05, 3.63) is 36.5 Å². The minimum absolute atomic E-state index is 0.0805. The van der Waals surface area contributed by atoms with Crippen molar-refractivity contribution in [2.75, 3.05) is 13.2 Å². The van der Waals surface area contributed by atoms with Crippen LogP contribution in [0.3, 0.4) is 0 Å². The Morgan fingerprint density at radius 2 is 0.516 bits per heavy atom. The van der Waals surface area contributed by atoms with Crippen LogP contribution in [0.1, 0.15) is 297 Å². The molecule has 0 radical (unpaired) electrons. The van der Waals surface area contributed by atoms with Crippen molar-refractivity contribution < 1.29 is 28.6 Å². The number of ether oxygens (including phenoxy) is 3. The molecule has 0 amide bonds. The van der Waals surface area contributed by atoms with Crippen molar-refractivity contribution in [3.8, 4) is 0 Å². The molecule has 6 nitrogen and oxygen atoms in total. The first-order valence-corrected chi connectivity index (χ1v) is 28.0. The fraction of sp³-hybridized carbons (Fsp3) is 0.845.